The summed E-state index contributed by atoms with van der Waals surface area (Å²) in [5.41, 5.74) is 1.25. The fraction of sp³-hybridized carbons (Fsp3) is 0.412. The number of nitrogens with zero attached hydrogens (tertiary/aromatic N) is 3. The molecule has 23 heavy (non-hydrogen) atoms. The molecule has 0 aliphatic heterocycles. The predicted octanol–water partition coefficient (Wildman–Crippen LogP) is 3.85. The maximum absolute atomic E-state index is 4.73. The number of halogens is 1. The zero-order chi connectivity index (χ0) is 16.7. The van der Waals surface area contributed by atoms with Crippen molar-refractivity contribution in [1.82, 2.24) is 15.2 Å². The molecule has 0 bridgehead atoms. The SMILES string of the molecule is CCNC(=NCCc1ncc(C)s1)N(C)Cc1ccccc1Br. The van der Waals surface area contributed by atoms with Gasteiger partial charge in [-0.05, 0) is 25.5 Å². The Labute approximate surface area is 150 Å². The molecule has 4 nitrogen and oxygen atoms in total. The van der Waals surface area contributed by atoms with E-state index in [9.17, 15) is 0 Å². The Bertz CT molecular complexity index is 654. The van der Waals surface area contributed by atoms with Gasteiger partial charge in [0, 0.05) is 48.6 Å². The molecule has 1 aromatic carbocycles. The minimum atomic E-state index is 0.746. The first-order valence-corrected chi connectivity index (χ1v) is 9.35. The maximum Gasteiger partial charge on any atom is 0.193 e. The van der Waals surface area contributed by atoms with Crippen LogP contribution in [0.2, 0.25) is 0 Å². The minimum Gasteiger partial charge on any atom is -0.357 e. The summed E-state index contributed by atoms with van der Waals surface area (Å²) in [6.45, 7) is 6.58. The van der Waals surface area contributed by atoms with Crippen molar-refractivity contribution in [2.45, 2.75) is 26.8 Å². The fourth-order valence-corrected chi connectivity index (χ4v) is 3.39. The van der Waals surface area contributed by atoms with Crippen LogP contribution in [0.15, 0.2) is 39.9 Å². The van der Waals surface area contributed by atoms with Crippen LogP contribution in [0.1, 0.15) is 22.4 Å². The van der Waals surface area contributed by atoms with Gasteiger partial charge in [0.2, 0.25) is 0 Å². The number of hydrogen-bond donors (Lipinski definition) is 1. The van der Waals surface area contributed by atoms with Gasteiger partial charge in [0.1, 0.15) is 0 Å². The molecule has 2 aromatic rings. The van der Waals surface area contributed by atoms with Gasteiger partial charge in [-0.2, -0.15) is 0 Å². The van der Waals surface area contributed by atoms with Crippen molar-refractivity contribution < 1.29 is 0 Å². The molecule has 0 radical (unpaired) electrons. The van der Waals surface area contributed by atoms with E-state index in [0.29, 0.717) is 0 Å². The van der Waals surface area contributed by atoms with Crippen LogP contribution in [0.4, 0.5) is 0 Å². The highest BCUT2D eigenvalue weighted by Gasteiger charge is 2.08. The number of aryl methyl sites for hydroxylation is 1. The standard InChI is InChI=1S/C17H23BrN4S/c1-4-19-17(20-10-9-16-21-11-13(2)23-16)22(3)12-14-7-5-6-8-15(14)18/h5-8,11H,4,9-10,12H2,1-3H3,(H,19,20). The highest BCUT2D eigenvalue weighted by molar-refractivity contribution is 9.10. The van der Waals surface area contributed by atoms with Crippen molar-refractivity contribution in [3.8, 4) is 0 Å². The number of hydrogen-bond acceptors (Lipinski definition) is 3. The van der Waals surface area contributed by atoms with Gasteiger partial charge in [-0.25, -0.2) is 4.98 Å². The first kappa shape index (κ1) is 17.9. The molecule has 0 atom stereocenters. The lowest BCUT2D eigenvalue weighted by Crippen LogP contribution is -2.38. The molecule has 124 valence electrons. The molecule has 0 aliphatic rings. The number of nitrogens with one attached hydrogen (secondary N) is 1. The molecule has 0 unspecified atom stereocenters. The lowest BCUT2D eigenvalue weighted by atomic mass is 10.2. The summed E-state index contributed by atoms with van der Waals surface area (Å²) in [6, 6.07) is 8.28. The van der Waals surface area contributed by atoms with E-state index in [1.165, 1.54) is 10.4 Å². The summed E-state index contributed by atoms with van der Waals surface area (Å²) >= 11 is 5.35. The molecule has 0 fully saturated rings. The van der Waals surface area contributed by atoms with E-state index in [4.69, 9.17) is 4.99 Å². The summed E-state index contributed by atoms with van der Waals surface area (Å²) in [5.74, 6) is 0.927. The van der Waals surface area contributed by atoms with E-state index in [1.54, 1.807) is 11.3 Å². The number of aliphatic imine (C=N–C) groups is 1. The largest absolute Gasteiger partial charge is 0.357 e. The lowest BCUT2D eigenvalue weighted by molar-refractivity contribution is 0.476. The van der Waals surface area contributed by atoms with Crippen molar-refractivity contribution in [1.29, 1.82) is 0 Å². The molecule has 0 amide bonds. The molecular weight excluding hydrogens is 372 g/mol. The summed E-state index contributed by atoms with van der Waals surface area (Å²) in [7, 11) is 2.06. The number of thiazole rings is 1. The number of aromatic nitrogens is 1. The van der Waals surface area contributed by atoms with Gasteiger partial charge in [-0.3, -0.25) is 4.99 Å². The Morgan fingerprint density at radius 1 is 1.39 bits per heavy atom. The van der Waals surface area contributed by atoms with Crippen LogP contribution in [0.25, 0.3) is 0 Å². The van der Waals surface area contributed by atoms with Gasteiger partial charge in [-0.1, -0.05) is 34.1 Å². The Balaban J connectivity index is 1.98. The van der Waals surface area contributed by atoms with Gasteiger partial charge in [0.05, 0.1) is 5.01 Å². The van der Waals surface area contributed by atoms with Gasteiger partial charge in [-0.15, -0.1) is 11.3 Å². The molecule has 0 spiro atoms. The van der Waals surface area contributed by atoms with Crippen LogP contribution in [0.5, 0.6) is 0 Å². The average molecular weight is 395 g/mol. The smallest absolute Gasteiger partial charge is 0.193 e. The molecule has 2 rings (SSSR count). The van der Waals surface area contributed by atoms with E-state index in [-0.39, 0.29) is 0 Å². The second-order valence-corrected chi connectivity index (χ2v) is 7.47. The van der Waals surface area contributed by atoms with Crippen LogP contribution in [0.3, 0.4) is 0 Å². The van der Waals surface area contributed by atoms with Crippen molar-refractivity contribution in [2.75, 3.05) is 20.1 Å². The lowest BCUT2D eigenvalue weighted by Gasteiger charge is -2.22. The highest BCUT2D eigenvalue weighted by Crippen LogP contribution is 2.17. The van der Waals surface area contributed by atoms with E-state index in [1.807, 2.05) is 12.3 Å². The third-order valence-electron chi connectivity index (χ3n) is 3.32. The Hall–Kier alpha value is -1.40. The Morgan fingerprint density at radius 2 is 2.17 bits per heavy atom. The van der Waals surface area contributed by atoms with Gasteiger partial charge < -0.3 is 10.2 Å². The maximum atomic E-state index is 4.73. The topological polar surface area (TPSA) is 40.5 Å². The Kier molecular flexibility index (Phi) is 7.05. The van der Waals surface area contributed by atoms with E-state index in [0.717, 1.165) is 41.5 Å². The molecule has 0 saturated heterocycles. The Morgan fingerprint density at radius 3 is 2.83 bits per heavy atom. The van der Waals surface area contributed by atoms with Gasteiger partial charge in [0.15, 0.2) is 5.96 Å². The van der Waals surface area contributed by atoms with E-state index in [2.05, 4.69) is 70.2 Å². The molecule has 0 saturated carbocycles. The first-order chi connectivity index (χ1) is 11.1. The van der Waals surface area contributed by atoms with Crippen LogP contribution in [-0.2, 0) is 13.0 Å². The summed E-state index contributed by atoms with van der Waals surface area (Å²) in [5, 5.41) is 4.51. The zero-order valence-electron chi connectivity index (χ0n) is 13.8. The first-order valence-electron chi connectivity index (χ1n) is 7.74. The summed E-state index contributed by atoms with van der Waals surface area (Å²) < 4.78 is 1.13. The molecular formula is C17H23BrN4S. The average Bonchev–Trinajstić information content (AvgIpc) is 2.94. The van der Waals surface area contributed by atoms with Crippen LogP contribution in [0, 0.1) is 6.92 Å². The third kappa shape index (κ3) is 5.62. The third-order valence-corrected chi connectivity index (χ3v) is 5.06. The monoisotopic (exact) mass is 394 g/mol. The summed E-state index contributed by atoms with van der Waals surface area (Å²) in [6.07, 6.45) is 2.81. The van der Waals surface area contributed by atoms with Gasteiger partial charge in [0.25, 0.3) is 0 Å². The van der Waals surface area contributed by atoms with Crippen molar-refractivity contribution >= 4 is 33.2 Å². The normalized spacial score (nSPS) is 11.6. The second-order valence-electron chi connectivity index (χ2n) is 5.30. The zero-order valence-corrected chi connectivity index (χ0v) is 16.2. The van der Waals surface area contributed by atoms with Crippen molar-refractivity contribution in [2.24, 2.45) is 4.99 Å². The van der Waals surface area contributed by atoms with Crippen molar-refractivity contribution in [3.05, 3.63) is 50.4 Å². The molecule has 1 N–H and O–H groups in total. The van der Waals surface area contributed by atoms with Crippen LogP contribution < -0.4 is 5.32 Å². The number of guanidine groups is 1. The quantitative estimate of drug-likeness (QED) is 0.597. The van der Waals surface area contributed by atoms with Crippen LogP contribution in [-0.4, -0.2) is 36.0 Å². The summed E-state index contributed by atoms with van der Waals surface area (Å²) in [4.78, 5) is 12.5. The molecule has 0 aliphatic carbocycles. The second kappa shape index (κ2) is 9.03. The fourth-order valence-electron chi connectivity index (χ4n) is 2.20. The van der Waals surface area contributed by atoms with Crippen molar-refractivity contribution in [3.63, 3.8) is 0 Å². The molecule has 1 heterocycles. The minimum absolute atomic E-state index is 0.746. The number of benzene rings is 1. The van der Waals surface area contributed by atoms with Gasteiger partial charge >= 0.3 is 0 Å². The molecule has 6 heteroatoms. The highest BCUT2D eigenvalue weighted by atomic mass is 79.9. The number of rotatable bonds is 6. The van der Waals surface area contributed by atoms with Crippen LogP contribution >= 0.6 is 27.3 Å². The van der Waals surface area contributed by atoms with E-state index >= 15 is 0 Å². The predicted molar refractivity (Wildman–Crippen MR) is 102 cm³/mol. The van der Waals surface area contributed by atoms with E-state index < -0.39 is 0 Å². The molecule has 1 aromatic heterocycles.